The number of carbonyl (C=O) groups is 2. The second-order valence-corrected chi connectivity index (χ2v) is 10.4. The molecule has 3 unspecified atom stereocenters. The van der Waals surface area contributed by atoms with Gasteiger partial charge >= 0.3 is 12.4 Å². The van der Waals surface area contributed by atoms with Gasteiger partial charge in [0.05, 0.1) is 23.8 Å². The van der Waals surface area contributed by atoms with Gasteiger partial charge < -0.3 is 20.3 Å². The number of benzene rings is 1. The van der Waals surface area contributed by atoms with Gasteiger partial charge in [0.1, 0.15) is 0 Å². The molecule has 2 N–H and O–H groups in total. The molecule has 1 aromatic carbocycles. The van der Waals surface area contributed by atoms with Crippen molar-refractivity contribution in [2.75, 3.05) is 19.6 Å². The fraction of sp³-hybridized carbons (Fsp3) is 0.667. The second kappa shape index (κ2) is 9.51. The van der Waals surface area contributed by atoms with Crippen LogP contribution in [0.4, 0.5) is 26.3 Å². The van der Waals surface area contributed by atoms with Gasteiger partial charge in [-0.2, -0.15) is 26.3 Å². The van der Waals surface area contributed by atoms with Crippen LogP contribution < -0.4 is 5.73 Å². The summed E-state index contributed by atoms with van der Waals surface area (Å²) in [5.74, 6) is -0.737. The van der Waals surface area contributed by atoms with Crippen LogP contribution in [0.25, 0.3) is 0 Å². The molecule has 36 heavy (non-hydrogen) atoms. The number of hydrogen-bond acceptors (Lipinski definition) is 4. The number of halogens is 6. The Morgan fingerprint density at radius 1 is 1.06 bits per heavy atom. The highest BCUT2D eigenvalue weighted by Gasteiger charge is 2.45. The Morgan fingerprint density at radius 3 is 2.19 bits per heavy atom. The Kier molecular flexibility index (Phi) is 7.06. The van der Waals surface area contributed by atoms with E-state index >= 15 is 0 Å². The van der Waals surface area contributed by atoms with Gasteiger partial charge in [-0.1, -0.05) is 0 Å². The molecule has 3 aliphatic heterocycles. The van der Waals surface area contributed by atoms with Crippen molar-refractivity contribution in [3.63, 3.8) is 0 Å². The molecule has 2 amide bonds. The number of nitrogens with two attached hydrogens (primary N) is 1. The second-order valence-electron chi connectivity index (χ2n) is 10.4. The zero-order chi connectivity index (χ0) is 26.5. The van der Waals surface area contributed by atoms with Crippen molar-refractivity contribution in [2.45, 2.75) is 75.7 Å². The van der Waals surface area contributed by atoms with Crippen molar-refractivity contribution < 1.29 is 40.7 Å². The average molecular weight is 522 g/mol. The molecule has 3 fully saturated rings. The molecule has 3 saturated heterocycles. The van der Waals surface area contributed by atoms with Crippen molar-refractivity contribution >= 4 is 11.8 Å². The van der Waals surface area contributed by atoms with Gasteiger partial charge in [0.2, 0.25) is 11.8 Å². The minimum atomic E-state index is -4.94. The number of nitrogens with zero attached hydrogens (tertiary/aromatic N) is 2. The third-order valence-electron chi connectivity index (χ3n) is 7.37. The summed E-state index contributed by atoms with van der Waals surface area (Å²) < 4.78 is 84.3. The van der Waals surface area contributed by atoms with E-state index in [1.807, 2.05) is 6.92 Å². The molecule has 200 valence electrons. The highest BCUT2D eigenvalue weighted by molar-refractivity contribution is 5.87. The van der Waals surface area contributed by atoms with Crippen LogP contribution in [0, 0.1) is 5.92 Å². The zero-order valence-electron chi connectivity index (χ0n) is 19.8. The van der Waals surface area contributed by atoms with E-state index in [-0.39, 0.29) is 48.0 Å². The normalized spacial score (nSPS) is 26.8. The van der Waals surface area contributed by atoms with Gasteiger partial charge in [0.25, 0.3) is 0 Å². The SMILES string of the molecule is CC1(N)CCN(C(=O)C2CC(=O)N3CC(OCc4cc(C(F)(F)F)cc(C(F)(F)F)c4)CC3C2)CC1. The molecular formula is C24H29F6N3O3. The first-order valence-corrected chi connectivity index (χ1v) is 11.9. The van der Waals surface area contributed by atoms with Crippen molar-refractivity contribution in [3.05, 3.63) is 34.9 Å². The van der Waals surface area contributed by atoms with E-state index in [0.717, 1.165) is 0 Å². The lowest BCUT2D eigenvalue weighted by Crippen LogP contribution is -2.53. The van der Waals surface area contributed by atoms with Crippen LogP contribution in [0.3, 0.4) is 0 Å². The van der Waals surface area contributed by atoms with Gasteiger partial charge in [-0.05, 0) is 56.4 Å². The molecule has 0 aliphatic carbocycles. The maximum absolute atomic E-state index is 13.1. The molecule has 3 atom stereocenters. The lowest BCUT2D eigenvalue weighted by atomic mass is 9.86. The minimum absolute atomic E-state index is 0.0705. The van der Waals surface area contributed by atoms with Crippen molar-refractivity contribution in [3.8, 4) is 0 Å². The summed E-state index contributed by atoms with van der Waals surface area (Å²) in [6.07, 6.45) is -8.19. The Balaban J connectivity index is 1.38. The molecule has 0 spiro atoms. The molecule has 4 rings (SSSR count). The van der Waals surface area contributed by atoms with Crippen molar-refractivity contribution in [2.24, 2.45) is 11.7 Å². The van der Waals surface area contributed by atoms with Gasteiger partial charge in [-0.15, -0.1) is 0 Å². The smallest absolute Gasteiger partial charge is 0.372 e. The van der Waals surface area contributed by atoms with Crippen LogP contribution in [-0.2, 0) is 33.3 Å². The van der Waals surface area contributed by atoms with E-state index in [0.29, 0.717) is 50.9 Å². The fourth-order valence-corrected chi connectivity index (χ4v) is 5.26. The zero-order valence-corrected chi connectivity index (χ0v) is 19.8. The van der Waals surface area contributed by atoms with Crippen LogP contribution in [0.15, 0.2) is 18.2 Å². The van der Waals surface area contributed by atoms with Crippen molar-refractivity contribution in [1.82, 2.24) is 9.80 Å². The Bertz CT molecular complexity index is 968. The Hall–Kier alpha value is -2.34. The monoisotopic (exact) mass is 521 g/mol. The van der Waals surface area contributed by atoms with E-state index < -0.39 is 42.1 Å². The summed E-state index contributed by atoms with van der Waals surface area (Å²) >= 11 is 0. The molecule has 0 aromatic heterocycles. The van der Waals surface area contributed by atoms with Crippen LogP contribution in [0.2, 0.25) is 0 Å². The van der Waals surface area contributed by atoms with Gasteiger partial charge in [0.15, 0.2) is 0 Å². The highest BCUT2D eigenvalue weighted by Crippen LogP contribution is 2.38. The molecule has 6 nitrogen and oxygen atoms in total. The Labute approximate surface area is 204 Å². The topological polar surface area (TPSA) is 75.9 Å². The summed E-state index contributed by atoms with van der Waals surface area (Å²) in [6.45, 7) is 2.74. The highest BCUT2D eigenvalue weighted by atomic mass is 19.4. The van der Waals surface area contributed by atoms with Gasteiger partial charge in [0, 0.05) is 43.6 Å². The number of carbonyl (C=O) groups excluding carboxylic acids is 2. The standard InChI is InChI=1S/C24H29F6N3O3/c1-22(31)2-4-32(5-3-22)21(35)15-8-18-11-19(12-33(18)20(34)9-15)36-13-14-6-16(23(25,26)27)10-17(7-14)24(28,29)30/h6-7,10,15,18-19H,2-5,8-9,11-13,31H2,1H3. The lowest BCUT2D eigenvalue weighted by Gasteiger charge is -2.40. The van der Waals surface area contributed by atoms with E-state index in [1.165, 1.54) is 0 Å². The third-order valence-corrected chi connectivity index (χ3v) is 7.37. The van der Waals surface area contributed by atoms with E-state index in [2.05, 4.69) is 0 Å². The van der Waals surface area contributed by atoms with Crippen LogP contribution >= 0.6 is 0 Å². The van der Waals surface area contributed by atoms with Crippen LogP contribution in [-0.4, -0.2) is 58.9 Å². The molecule has 12 heteroatoms. The quantitative estimate of drug-likeness (QED) is 0.609. The number of amides is 2. The number of likely N-dealkylation sites (tertiary alicyclic amines) is 1. The van der Waals surface area contributed by atoms with Crippen LogP contribution in [0.5, 0.6) is 0 Å². The maximum atomic E-state index is 13.1. The summed E-state index contributed by atoms with van der Waals surface area (Å²) in [7, 11) is 0. The fourth-order valence-electron chi connectivity index (χ4n) is 5.26. The predicted molar refractivity (Wildman–Crippen MR) is 116 cm³/mol. The minimum Gasteiger partial charge on any atom is -0.372 e. The van der Waals surface area contributed by atoms with E-state index in [1.54, 1.807) is 9.80 Å². The largest absolute Gasteiger partial charge is 0.416 e. The number of fused-ring (bicyclic) bond motifs is 1. The molecule has 0 radical (unpaired) electrons. The summed E-state index contributed by atoms with van der Waals surface area (Å²) in [5.41, 5.74) is 2.77. The van der Waals surface area contributed by atoms with Gasteiger partial charge in [-0.3, -0.25) is 9.59 Å². The molecule has 0 saturated carbocycles. The first-order valence-electron chi connectivity index (χ1n) is 11.9. The number of piperidine rings is 2. The van der Waals surface area contributed by atoms with Gasteiger partial charge in [-0.25, -0.2) is 0 Å². The molecule has 3 aliphatic rings. The number of alkyl halides is 6. The first-order chi connectivity index (χ1) is 16.6. The molecular weight excluding hydrogens is 492 g/mol. The molecule has 3 heterocycles. The van der Waals surface area contributed by atoms with E-state index in [9.17, 15) is 35.9 Å². The number of ether oxygens (including phenoxy) is 1. The summed E-state index contributed by atoms with van der Waals surface area (Å²) in [5, 5.41) is 0. The first kappa shape index (κ1) is 26.7. The predicted octanol–water partition coefficient (Wildman–Crippen LogP) is 3.96. The number of rotatable bonds is 4. The molecule has 1 aromatic rings. The number of hydrogen-bond donors (Lipinski definition) is 1. The lowest BCUT2D eigenvalue weighted by molar-refractivity contribution is -0.147. The molecule has 0 bridgehead atoms. The van der Waals surface area contributed by atoms with E-state index in [4.69, 9.17) is 10.5 Å². The maximum Gasteiger partial charge on any atom is 0.416 e. The Morgan fingerprint density at radius 2 is 1.64 bits per heavy atom. The van der Waals surface area contributed by atoms with Crippen LogP contribution in [0.1, 0.15) is 55.7 Å². The summed E-state index contributed by atoms with van der Waals surface area (Å²) in [4.78, 5) is 29.1. The average Bonchev–Trinajstić information content (AvgIpc) is 3.19. The third kappa shape index (κ3) is 5.96. The van der Waals surface area contributed by atoms with Crippen molar-refractivity contribution in [1.29, 1.82) is 0 Å². The summed E-state index contributed by atoms with van der Waals surface area (Å²) in [6, 6.07) is 1.10.